The summed E-state index contributed by atoms with van der Waals surface area (Å²) in [4.78, 5) is 6.26. The Hall–Kier alpha value is -2.06. The molecule has 0 saturated heterocycles. The molecule has 1 aromatic heterocycles. The Bertz CT molecular complexity index is 803. The Morgan fingerprint density at radius 2 is 1.71 bits per heavy atom. The number of benzene rings is 2. The van der Waals surface area contributed by atoms with Crippen LogP contribution in [0.2, 0.25) is 0 Å². The number of likely N-dealkylation sites (N-methyl/N-ethyl adjacent to an activating group) is 1. The van der Waals surface area contributed by atoms with Crippen LogP contribution in [0, 0.1) is 0 Å². The lowest BCUT2D eigenvalue weighted by Crippen LogP contribution is -2.24. The molecule has 0 fully saturated rings. The standard InChI is InChI=1S/C22H26N2/c1-24-15-8-7-11-18(17-9-3-2-4-10-17)22-20(14-16-24)19-12-5-6-13-21(19)23-22/h2-6,9-10,12-13,18,23H,7-8,11,14-16H2,1H3. The molecule has 2 nitrogen and oxygen atoms in total. The van der Waals surface area contributed by atoms with Crippen molar-refractivity contribution in [2.24, 2.45) is 0 Å². The minimum Gasteiger partial charge on any atom is -0.358 e. The number of aromatic nitrogens is 1. The lowest BCUT2D eigenvalue weighted by Gasteiger charge is -2.23. The van der Waals surface area contributed by atoms with E-state index in [-0.39, 0.29) is 0 Å². The summed E-state index contributed by atoms with van der Waals surface area (Å²) in [5.41, 5.74) is 5.69. The van der Waals surface area contributed by atoms with Crippen molar-refractivity contribution < 1.29 is 0 Å². The van der Waals surface area contributed by atoms with Gasteiger partial charge in [0.05, 0.1) is 0 Å². The van der Waals surface area contributed by atoms with Gasteiger partial charge in [0.2, 0.25) is 0 Å². The summed E-state index contributed by atoms with van der Waals surface area (Å²) in [6.07, 6.45) is 4.91. The summed E-state index contributed by atoms with van der Waals surface area (Å²) in [6.45, 7) is 2.34. The van der Waals surface area contributed by atoms with Gasteiger partial charge in [0, 0.05) is 29.1 Å². The minimum absolute atomic E-state index is 0.483. The number of aromatic amines is 1. The molecule has 0 spiro atoms. The Labute approximate surface area is 144 Å². The third-order valence-corrected chi connectivity index (χ3v) is 5.42. The van der Waals surface area contributed by atoms with Gasteiger partial charge in [0.1, 0.15) is 0 Å². The van der Waals surface area contributed by atoms with E-state index in [9.17, 15) is 0 Å². The lowest BCUT2D eigenvalue weighted by molar-refractivity contribution is 0.324. The van der Waals surface area contributed by atoms with Crippen LogP contribution in [0.1, 0.15) is 42.0 Å². The molecule has 2 aromatic carbocycles. The first-order chi connectivity index (χ1) is 11.8. The SMILES string of the molecule is CN1CCCCC(c2ccccc2)c2[nH]c3ccccc3c2CC1. The Morgan fingerprint density at radius 1 is 0.917 bits per heavy atom. The second kappa shape index (κ2) is 6.82. The van der Waals surface area contributed by atoms with Crippen LogP contribution in [0.3, 0.4) is 0 Å². The molecule has 1 aliphatic rings. The van der Waals surface area contributed by atoms with Crippen molar-refractivity contribution in [2.75, 3.05) is 20.1 Å². The number of H-pyrrole nitrogens is 1. The summed E-state index contributed by atoms with van der Waals surface area (Å²) in [6, 6.07) is 19.8. The van der Waals surface area contributed by atoms with Crippen LogP contribution in [-0.4, -0.2) is 30.0 Å². The fourth-order valence-corrected chi connectivity index (χ4v) is 4.10. The van der Waals surface area contributed by atoms with Crippen LogP contribution < -0.4 is 0 Å². The summed E-state index contributed by atoms with van der Waals surface area (Å²) in [5.74, 6) is 0.483. The van der Waals surface area contributed by atoms with Gasteiger partial charge in [0.15, 0.2) is 0 Å². The molecule has 4 rings (SSSR count). The molecule has 124 valence electrons. The zero-order chi connectivity index (χ0) is 16.4. The molecule has 0 saturated carbocycles. The number of rotatable bonds is 1. The Balaban J connectivity index is 1.85. The highest BCUT2D eigenvalue weighted by Gasteiger charge is 2.22. The summed E-state index contributed by atoms with van der Waals surface area (Å²) in [5, 5.41) is 1.41. The smallest absolute Gasteiger partial charge is 0.0459 e. The average Bonchev–Trinajstić information content (AvgIpc) is 2.99. The highest BCUT2D eigenvalue weighted by atomic mass is 15.1. The number of fused-ring (bicyclic) bond motifs is 3. The van der Waals surface area contributed by atoms with Gasteiger partial charge in [-0.1, -0.05) is 55.0 Å². The van der Waals surface area contributed by atoms with Crippen LogP contribution in [0.15, 0.2) is 54.6 Å². The highest BCUT2D eigenvalue weighted by molar-refractivity contribution is 5.85. The van der Waals surface area contributed by atoms with Gasteiger partial charge < -0.3 is 9.88 Å². The second-order valence-corrected chi connectivity index (χ2v) is 7.08. The molecule has 0 aliphatic carbocycles. The van der Waals surface area contributed by atoms with E-state index in [0.29, 0.717) is 5.92 Å². The molecule has 1 unspecified atom stereocenters. The molecule has 2 heterocycles. The van der Waals surface area contributed by atoms with Crippen molar-refractivity contribution in [3.05, 3.63) is 71.4 Å². The second-order valence-electron chi connectivity index (χ2n) is 7.08. The number of hydrogen-bond donors (Lipinski definition) is 1. The molecule has 2 heteroatoms. The van der Waals surface area contributed by atoms with E-state index in [0.717, 1.165) is 13.0 Å². The fourth-order valence-electron chi connectivity index (χ4n) is 4.10. The molecular weight excluding hydrogens is 292 g/mol. The van der Waals surface area contributed by atoms with E-state index in [4.69, 9.17) is 0 Å². The zero-order valence-corrected chi connectivity index (χ0v) is 14.5. The molecule has 0 radical (unpaired) electrons. The average molecular weight is 318 g/mol. The van der Waals surface area contributed by atoms with Gasteiger partial charge in [-0.3, -0.25) is 0 Å². The van der Waals surface area contributed by atoms with E-state index in [1.54, 1.807) is 0 Å². The van der Waals surface area contributed by atoms with Crippen LogP contribution in [-0.2, 0) is 6.42 Å². The van der Waals surface area contributed by atoms with Gasteiger partial charge in [0.25, 0.3) is 0 Å². The number of nitrogens with one attached hydrogen (secondary N) is 1. The predicted octanol–water partition coefficient (Wildman–Crippen LogP) is 4.96. The van der Waals surface area contributed by atoms with Crippen molar-refractivity contribution in [1.82, 2.24) is 9.88 Å². The maximum Gasteiger partial charge on any atom is 0.0459 e. The normalized spacial score (nSPS) is 20.0. The molecule has 1 N–H and O–H groups in total. The summed E-state index contributed by atoms with van der Waals surface area (Å²) in [7, 11) is 2.25. The minimum atomic E-state index is 0.483. The maximum atomic E-state index is 3.78. The van der Waals surface area contributed by atoms with Gasteiger partial charge in [-0.05, 0) is 50.0 Å². The van der Waals surface area contributed by atoms with E-state index in [1.165, 1.54) is 53.5 Å². The van der Waals surface area contributed by atoms with E-state index in [1.807, 2.05) is 0 Å². The molecule has 1 atom stereocenters. The van der Waals surface area contributed by atoms with Crippen LogP contribution in [0.5, 0.6) is 0 Å². The van der Waals surface area contributed by atoms with Gasteiger partial charge in [-0.2, -0.15) is 0 Å². The predicted molar refractivity (Wildman–Crippen MR) is 102 cm³/mol. The van der Waals surface area contributed by atoms with Crippen molar-refractivity contribution in [2.45, 2.75) is 31.6 Å². The van der Waals surface area contributed by atoms with E-state index in [2.05, 4.69) is 71.5 Å². The Kier molecular flexibility index (Phi) is 4.40. The van der Waals surface area contributed by atoms with Crippen molar-refractivity contribution in [3.8, 4) is 0 Å². The topological polar surface area (TPSA) is 19.0 Å². The van der Waals surface area contributed by atoms with Crippen LogP contribution in [0.4, 0.5) is 0 Å². The fraction of sp³-hybridized carbons (Fsp3) is 0.364. The quantitative estimate of drug-likeness (QED) is 0.672. The maximum absolute atomic E-state index is 3.78. The first-order valence-electron chi connectivity index (χ1n) is 9.16. The molecule has 0 amide bonds. The number of para-hydroxylation sites is 1. The molecule has 24 heavy (non-hydrogen) atoms. The van der Waals surface area contributed by atoms with Crippen LogP contribution >= 0.6 is 0 Å². The molecule has 1 aliphatic heterocycles. The van der Waals surface area contributed by atoms with Gasteiger partial charge in [-0.15, -0.1) is 0 Å². The van der Waals surface area contributed by atoms with Crippen molar-refractivity contribution >= 4 is 10.9 Å². The van der Waals surface area contributed by atoms with Gasteiger partial charge in [-0.25, -0.2) is 0 Å². The first kappa shape index (κ1) is 15.5. The van der Waals surface area contributed by atoms with Crippen molar-refractivity contribution in [1.29, 1.82) is 0 Å². The van der Waals surface area contributed by atoms with E-state index >= 15 is 0 Å². The molecule has 0 bridgehead atoms. The van der Waals surface area contributed by atoms with Gasteiger partial charge >= 0.3 is 0 Å². The largest absolute Gasteiger partial charge is 0.358 e. The van der Waals surface area contributed by atoms with E-state index < -0.39 is 0 Å². The zero-order valence-electron chi connectivity index (χ0n) is 14.5. The first-order valence-corrected chi connectivity index (χ1v) is 9.16. The number of nitrogens with zero attached hydrogens (tertiary/aromatic N) is 1. The van der Waals surface area contributed by atoms with Crippen molar-refractivity contribution in [3.63, 3.8) is 0 Å². The monoisotopic (exact) mass is 318 g/mol. The number of hydrogen-bond acceptors (Lipinski definition) is 1. The molecule has 3 aromatic rings. The highest BCUT2D eigenvalue weighted by Crippen LogP contribution is 2.36. The Morgan fingerprint density at radius 3 is 2.58 bits per heavy atom. The summed E-state index contributed by atoms with van der Waals surface area (Å²) < 4.78 is 0. The van der Waals surface area contributed by atoms with Crippen LogP contribution in [0.25, 0.3) is 10.9 Å². The summed E-state index contributed by atoms with van der Waals surface area (Å²) >= 11 is 0. The lowest BCUT2D eigenvalue weighted by atomic mass is 9.87. The molecular formula is C22H26N2. The third-order valence-electron chi connectivity index (χ3n) is 5.42. The third kappa shape index (κ3) is 2.99.